The van der Waals surface area contributed by atoms with Crippen LogP contribution in [0.5, 0.6) is 0 Å². The van der Waals surface area contributed by atoms with Gasteiger partial charge in [-0.15, -0.1) is 0 Å². The summed E-state index contributed by atoms with van der Waals surface area (Å²) in [4.78, 5) is 19.2. The van der Waals surface area contributed by atoms with Crippen molar-refractivity contribution in [1.82, 2.24) is 0 Å². The van der Waals surface area contributed by atoms with E-state index in [0.29, 0.717) is 0 Å². The second-order valence-electron chi connectivity index (χ2n) is 8.47. The number of aliphatic imine (C=N–C) groups is 4. The molecule has 0 fully saturated rings. The van der Waals surface area contributed by atoms with Crippen molar-refractivity contribution < 1.29 is 19.5 Å². The van der Waals surface area contributed by atoms with Gasteiger partial charge >= 0.3 is 0 Å². The van der Waals surface area contributed by atoms with Gasteiger partial charge in [0.15, 0.2) is 0 Å². The molecule has 0 unspecified atom stereocenters. The Bertz CT molecular complexity index is 1670. The Hall–Kier alpha value is -4.08. The first-order chi connectivity index (χ1) is 16.8. The minimum Gasteiger partial charge on any atom is -0.249 e. The van der Waals surface area contributed by atoms with Gasteiger partial charge in [0.05, 0.1) is 45.6 Å². The van der Waals surface area contributed by atoms with Crippen molar-refractivity contribution in [2.75, 3.05) is 0 Å². The van der Waals surface area contributed by atoms with Crippen molar-refractivity contribution in [2.24, 2.45) is 20.0 Å². The molecule has 5 aliphatic rings. The molecule has 0 atom stereocenters. The number of allylic oxidation sites excluding steroid dienone is 12. The molecule has 2 aromatic carbocycles. The van der Waals surface area contributed by atoms with Crippen LogP contribution in [0.25, 0.3) is 16.3 Å². The van der Waals surface area contributed by atoms with Crippen LogP contribution in [0.1, 0.15) is 5.56 Å². The summed E-state index contributed by atoms with van der Waals surface area (Å²) in [5.74, 6) is 0. The minimum absolute atomic E-state index is 0. The van der Waals surface area contributed by atoms with E-state index < -0.39 is 0 Å². The first-order valence-electron chi connectivity index (χ1n) is 11.2. The molecule has 0 amide bonds. The Balaban J connectivity index is 0.00000229. The van der Waals surface area contributed by atoms with Crippen molar-refractivity contribution in [2.45, 2.75) is 0 Å². The number of benzene rings is 2. The predicted octanol–water partition coefficient (Wildman–Crippen LogP) is 6.26. The fraction of sp³-hybridized carbons (Fsp3) is 0. The zero-order valence-corrected chi connectivity index (χ0v) is 21.9. The average molecular weight is 500 g/mol. The van der Waals surface area contributed by atoms with E-state index >= 15 is 0 Å². The van der Waals surface area contributed by atoms with E-state index in [-0.39, 0.29) is 19.5 Å². The van der Waals surface area contributed by atoms with E-state index in [1.807, 2.05) is 54.7 Å². The van der Waals surface area contributed by atoms with Gasteiger partial charge in [0.1, 0.15) is 0 Å². The molecule has 2 aromatic rings. The molecule has 0 spiro atoms. The number of nitrogens with zero attached hydrogens (tertiary/aromatic N) is 4. The number of rotatable bonds is 1. The van der Waals surface area contributed by atoms with Gasteiger partial charge in [0.25, 0.3) is 0 Å². The summed E-state index contributed by atoms with van der Waals surface area (Å²) in [5.41, 5.74) is 9.28. The molecule has 0 radical (unpaired) electrons. The van der Waals surface area contributed by atoms with Gasteiger partial charge in [-0.3, -0.25) is 0 Å². The summed E-state index contributed by atoms with van der Waals surface area (Å²) in [6.07, 6.45) is 22.3. The van der Waals surface area contributed by atoms with Crippen LogP contribution in [0.3, 0.4) is 0 Å². The minimum atomic E-state index is 0. The topological polar surface area (TPSA) is 49.4 Å². The number of hydrogen-bond donors (Lipinski definition) is 0. The van der Waals surface area contributed by atoms with Gasteiger partial charge in [-0.25, -0.2) is 20.0 Å². The van der Waals surface area contributed by atoms with E-state index in [0.717, 1.165) is 56.8 Å². The van der Waals surface area contributed by atoms with Crippen LogP contribution in [0, 0.1) is 0 Å². The summed E-state index contributed by atoms with van der Waals surface area (Å²) < 4.78 is 0. The van der Waals surface area contributed by atoms with Crippen molar-refractivity contribution >= 4 is 39.2 Å². The maximum absolute atomic E-state index is 4.98. The van der Waals surface area contributed by atoms with Crippen LogP contribution in [-0.2, 0) is 19.5 Å². The molecule has 0 aliphatic carbocycles. The third-order valence-electron chi connectivity index (χ3n) is 6.12. The van der Waals surface area contributed by atoms with E-state index in [1.165, 1.54) is 10.8 Å². The van der Waals surface area contributed by atoms with Crippen molar-refractivity contribution in [1.29, 1.82) is 0 Å². The van der Waals surface area contributed by atoms with Gasteiger partial charge in [-0.2, -0.15) is 0 Å². The standard InChI is InChI=1S/C30H18N4.Zn/c1-2-6-27-19(4-1)5-3-7-28(27)29-17-26-16-24-11-10-22(32-24)14-20-8-9-21(31-20)15-23-12-13-25(33-23)18-30(29)34-26;/h1-18H;. The van der Waals surface area contributed by atoms with Crippen LogP contribution in [0.15, 0.2) is 152 Å². The largest absolute Gasteiger partial charge is 0.249 e. The zero-order chi connectivity index (χ0) is 22.5. The van der Waals surface area contributed by atoms with Crippen LogP contribution >= 0.6 is 0 Å². The molecule has 0 N–H and O–H groups in total. The fourth-order valence-corrected chi connectivity index (χ4v) is 4.57. The smallest absolute Gasteiger partial charge is 0.0737 e. The second-order valence-corrected chi connectivity index (χ2v) is 8.47. The maximum Gasteiger partial charge on any atom is 0.0737 e. The molecule has 0 saturated heterocycles. The molecule has 0 aromatic heterocycles. The molecular weight excluding hydrogens is 482 g/mol. The first kappa shape index (κ1) is 21.5. The van der Waals surface area contributed by atoms with E-state index in [4.69, 9.17) is 15.0 Å². The van der Waals surface area contributed by atoms with Crippen molar-refractivity contribution in [3.05, 3.63) is 138 Å². The van der Waals surface area contributed by atoms with Crippen molar-refractivity contribution in [3.8, 4) is 0 Å². The first-order valence-corrected chi connectivity index (χ1v) is 11.2. The molecule has 4 nitrogen and oxygen atoms in total. The van der Waals surface area contributed by atoms with Gasteiger partial charge < -0.3 is 0 Å². The van der Waals surface area contributed by atoms with E-state index in [2.05, 4.69) is 59.6 Å². The Labute approximate surface area is 215 Å². The summed E-state index contributed by atoms with van der Waals surface area (Å²) in [6, 6.07) is 14.9. The SMILES string of the molecule is C1=CC2=NC1=CC1=NC(=CC3=NC(=CC4=NC(=C2)C=C4)C=C3c2cccc3ccccc23)C=C1.[Zn]. The monoisotopic (exact) mass is 498 g/mol. The maximum atomic E-state index is 4.98. The molecule has 5 heterocycles. The molecular formula is C30H18N4Zn. The van der Waals surface area contributed by atoms with Crippen LogP contribution in [0.2, 0.25) is 0 Å². The van der Waals surface area contributed by atoms with Crippen LogP contribution < -0.4 is 0 Å². The van der Waals surface area contributed by atoms with Crippen LogP contribution in [0.4, 0.5) is 0 Å². The molecule has 7 rings (SSSR count). The second kappa shape index (κ2) is 8.61. The summed E-state index contributed by atoms with van der Waals surface area (Å²) in [6.45, 7) is 0. The summed E-state index contributed by atoms with van der Waals surface area (Å²) in [7, 11) is 0. The Morgan fingerprint density at radius 3 is 1.71 bits per heavy atom. The third kappa shape index (κ3) is 4.05. The fourth-order valence-electron chi connectivity index (χ4n) is 4.57. The molecule has 8 bridgehead atoms. The Morgan fingerprint density at radius 1 is 0.457 bits per heavy atom. The average Bonchev–Trinajstić information content (AvgIpc) is 3.64. The van der Waals surface area contributed by atoms with E-state index in [1.54, 1.807) is 0 Å². The number of hydrogen-bond acceptors (Lipinski definition) is 4. The van der Waals surface area contributed by atoms with E-state index in [9.17, 15) is 0 Å². The molecule has 35 heavy (non-hydrogen) atoms. The summed E-state index contributed by atoms with van der Waals surface area (Å²) in [5, 5.41) is 2.41. The summed E-state index contributed by atoms with van der Waals surface area (Å²) >= 11 is 0. The normalized spacial score (nSPS) is 19.3. The predicted molar refractivity (Wildman–Crippen MR) is 141 cm³/mol. The number of fused-ring (bicyclic) bond motifs is 5. The zero-order valence-electron chi connectivity index (χ0n) is 18.9. The van der Waals surface area contributed by atoms with Crippen molar-refractivity contribution in [3.63, 3.8) is 0 Å². The Kier molecular flexibility index (Phi) is 5.28. The molecule has 0 saturated carbocycles. The van der Waals surface area contributed by atoms with Crippen LogP contribution in [-0.4, -0.2) is 22.8 Å². The molecule has 5 heteroatoms. The van der Waals surface area contributed by atoms with Gasteiger partial charge in [-0.1, -0.05) is 42.5 Å². The Morgan fingerprint density at radius 2 is 1.03 bits per heavy atom. The quantitative estimate of drug-likeness (QED) is 0.416. The molecule has 5 aliphatic heterocycles. The van der Waals surface area contributed by atoms with Gasteiger partial charge in [0, 0.05) is 25.1 Å². The molecule has 160 valence electrons. The van der Waals surface area contributed by atoms with Gasteiger partial charge in [0.2, 0.25) is 0 Å². The van der Waals surface area contributed by atoms with Gasteiger partial charge in [-0.05, 0) is 83.2 Å². The third-order valence-corrected chi connectivity index (χ3v) is 6.12.